The molecule has 0 unspecified atom stereocenters. The summed E-state index contributed by atoms with van der Waals surface area (Å²) in [4.78, 5) is 24.5. The van der Waals surface area contributed by atoms with Crippen molar-refractivity contribution >= 4 is 29.3 Å². The first-order valence-corrected chi connectivity index (χ1v) is 7.77. The summed E-state index contributed by atoms with van der Waals surface area (Å²) in [6.07, 6.45) is 2.17. The van der Waals surface area contributed by atoms with E-state index in [1.807, 2.05) is 47.8 Å². The summed E-state index contributed by atoms with van der Waals surface area (Å²) >= 11 is 1.52. The second-order valence-corrected chi connectivity index (χ2v) is 5.61. The Morgan fingerprint density at radius 3 is 2.68 bits per heavy atom. The van der Waals surface area contributed by atoms with Crippen molar-refractivity contribution < 1.29 is 14.3 Å². The summed E-state index contributed by atoms with van der Waals surface area (Å²) in [6, 6.07) is 13.3. The third-order valence-corrected chi connectivity index (χ3v) is 3.74. The van der Waals surface area contributed by atoms with Gasteiger partial charge in [-0.25, -0.2) is 4.79 Å². The summed E-state index contributed by atoms with van der Waals surface area (Å²) in [5.74, 6) is -0.850. The highest BCUT2D eigenvalue weighted by molar-refractivity contribution is 7.10. The van der Waals surface area contributed by atoms with Crippen LogP contribution in [0.1, 0.15) is 17.4 Å². The van der Waals surface area contributed by atoms with E-state index in [-0.39, 0.29) is 5.91 Å². The predicted molar refractivity (Wildman–Crippen MR) is 87.2 cm³/mol. The Morgan fingerprint density at radius 2 is 2.00 bits per heavy atom. The lowest BCUT2D eigenvalue weighted by atomic mass is 10.2. The zero-order valence-corrected chi connectivity index (χ0v) is 13.0. The molecule has 0 radical (unpaired) electrons. The molecule has 1 heterocycles. The third kappa shape index (κ3) is 5.18. The van der Waals surface area contributed by atoms with E-state index in [1.165, 1.54) is 17.4 Å². The van der Waals surface area contributed by atoms with Gasteiger partial charge in [0.25, 0.3) is 5.91 Å². The number of thiophene rings is 1. The van der Waals surface area contributed by atoms with Crippen molar-refractivity contribution in [2.24, 2.45) is 0 Å². The number of amides is 1. The molecule has 0 saturated carbocycles. The molecule has 0 saturated heterocycles. The number of nitrogens with one attached hydrogen (secondary N) is 1. The van der Waals surface area contributed by atoms with Crippen LogP contribution in [0.2, 0.25) is 0 Å². The monoisotopic (exact) mass is 315 g/mol. The standard InChI is InChI=1S/C17H17NO3S/c1-13(17(20)18-12-14-6-3-2-4-7-14)21-16(19)10-9-15-8-5-11-22-15/h2-11,13H,12H2,1H3,(H,18,20)/b10-9+/t13-/m0/s1. The Kier molecular flexibility index (Phi) is 5.91. The quantitative estimate of drug-likeness (QED) is 0.658. The molecule has 1 aromatic heterocycles. The van der Waals surface area contributed by atoms with Crippen LogP contribution in [0.3, 0.4) is 0 Å². The Labute approximate surface area is 133 Å². The van der Waals surface area contributed by atoms with Crippen molar-refractivity contribution in [3.8, 4) is 0 Å². The van der Waals surface area contributed by atoms with Gasteiger partial charge in [-0.2, -0.15) is 0 Å². The lowest BCUT2D eigenvalue weighted by Crippen LogP contribution is -2.35. The molecule has 1 N–H and O–H groups in total. The number of carbonyl (C=O) groups excluding carboxylic acids is 2. The van der Waals surface area contributed by atoms with Crippen LogP contribution in [-0.2, 0) is 20.9 Å². The minimum atomic E-state index is -0.829. The van der Waals surface area contributed by atoms with Crippen LogP contribution in [0.5, 0.6) is 0 Å². The van der Waals surface area contributed by atoms with Crippen molar-refractivity contribution in [3.63, 3.8) is 0 Å². The summed E-state index contributed by atoms with van der Waals surface area (Å²) in [7, 11) is 0. The van der Waals surface area contributed by atoms with Crippen LogP contribution in [0.25, 0.3) is 6.08 Å². The highest BCUT2D eigenvalue weighted by Gasteiger charge is 2.15. The number of esters is 1. The van der Waals surface area contributed by atoms with Gasteiger partial charge in [0.05, 0.1) is 0 Å². The maximum atomic E-state index is 11.9. The minimum absolute atomic E-state index is 0.318. The molecule has 0 aliphatic carbocycles. The van der Waals surface area contributed by atoms with Crippen LogP contribution < -0.4 is 5.32 Å². The van der Waals surface area contributed by atoms with Crippen LogP contribution in [0, 0.1) is 0 Å². The Balaban J connectivity index is 1.77. The molecule has 0 aliphatic heterocycles. The van der Waals surface area contributed by atoms with E-state index in [1.54, 1.807) is 13.0 Å². The molecule has 1 atom stereocenters. The van der Waals surface area contributed by atoms with Gasteiger partial charge < -0.3 is 10.1 Å². The fourth-order valence-electron chi connectivity index (χ4n) is 1.73. The van der Waals surface area contributed by atoms with E-state index < -0.39 is 12.1 Å². The summed E-state index contributed by atoms with van der Waals surface area (Å²) in [6.45, 7) is 1.96. The Morgan fingerprint density at radius 1 is 1.23 bits per heavy atom. The van der Waals surface area contributed by atoms with E-state index in [0.29, 0.717) is 6.54 Å². The third-order valence-electron chi connectivity index (χ3n) is 2.90. The van der Waals surface area contributed by atoms with Crippen molar-refractivity contribution in [2.75, 3.05) is 0 Å². The minimum Gasteiger partial charge on any atom is -0.449 e. The Hall–Kier alpha value is -2.40. The topological polar surface area (TPSA) is 55.4 Å². The molecule has 4 nitrogen and oxygen atoms in total. The predicted octanol–water partition coefficient (Wildman–Crippen LogP) is 3.01. The molecule has 5 heteroatoms. The molecule has 2 rings (SSSR count). The molecular formula is C17H17NO3S. The van der Waals surface area contributed by atoms with E-state index in [4.69, 9.17) is 4.74 Å². The summed E-state index contributed by atoms with van der Waals surface area (Å²) in [5.41, 5.74) is 0.993. The van der Waals surface area contributed by atoms with Gasteiger partial charge in [0.2, 0.25) is 0 Å². The fraction of sp³-hybridized carbons (Fsp3) is 0.176. The smallest absolute Gasteiger partial charge is 0.331 e. The first-order valence-electron chi connectivity index (χ1n) is 6.89. The zero-order valence-electron chi connectivity index (χ0n) is 12.2. The van der Waals surface area contributed by atoms with Gasteiger partial charge >= 0.3 is 5.97 Å². The van der Waals surface area contributed by atoms with Gasteiger partial charge in [-0.3, -0.25) is 4.79 Å². The average molecular weight is 315 g/mol. The van der Waals surface area contributed by atoms with Crippen LogP contribution >= 0.6 is 11.3 Å². The molecular weight excluding hydrogens is 298 g/mol. The van der Waals surface area contributed by atoms with Crippen molar-refractivity contribution in [3.05, 3.63) is 64.4 Å². The van der Waals surface area contributed by atoms with Gasteiger partial charge in [0.1, 0.15) is 0 Å². The van der Waals surface area contributed by atoms with Crippen molar-refractivity contribution in [2.45, 2.75) is 19.6 Å². The van der Waals surface area contributed by atoms with Gasteiger partial charge in [-0.15, -0.1) is 11.3 Å². The van der Waals surface area contributed by atoms with Crippen LogP contribution in [0.4, 0.5) is 0 Å². The van der Waals surface area contributed by atoms with E-state index in [0.717, 1.165) is 10.4 Å². The SMILES string of the molecule is C[C@H](OC(=O)/C=C/c1cccs1)C(=O)NCc1ccccc1. The second kappa shape index (κ2) is 8.14. The van der Waals surface area contributed by atoms with Gasteiger partial charge in [0.15, 0.2) is 6.10 Å². The highest BCUT2D eigenvalue weighted by atomic mass is 32.1. The number of benzene rings is 1. The average Bonchev–Trinajstić information content (AvgIpc) is 3.05. The molecule has 1 aromatic carbocycles. The number of ether oxygens (including phenoxy) is 1. The number of rotatable bonds is 6. The van der Waals surface area contributed by atoms with E-state index >= 15 is 0 Å². The normalized spacial score (nSPS) is 12.0. The maximum Gasteiger partial charge on any atom is 0.331 e. The molecule has 1 amide bonds. The van der Waals surface area contributed by atoms with Gasteiger partial charge in [-0.1, -0.05) is 36.4 Å². The van der Waals surface area contributed by atoms with Crippen LogP contribution in [0.15, 0.2) is 53.9 Å². The number of hydrogen-bond acceptors (Lipinski definition) is 4. The number of hydrogen-bond donors (Lipinski definition) is 1. The van der Waals surface area contributed by atoms with E-state index in [9.17, 15) is 9.59 Å². The lowest BCUT2D eigenvalue weighted by molar-refractivity contribution is -0.150. The van der Waals surface area contributed by atoms with Crippen molar-refractivity contribution in [1.29, 1.82) is 0 Å². The fourth-order valence-corrected chi connectivity index (χ4v) is 2.35. The molecule has 0 aliphatic rings. The molecule has 114 valence electrons. The largest absolute Gasteiger partial charge is 0.449 e. The van der Waals surface area contributed by atoms with Crippen molar-refractivity contribution in [1.82, 2.24) is 5.32 Å². The molecule has 22 heavy (non-hydrogen) atoms. The molecule has 2 aromatic rings. The highest BCUT2D eigenvalue weighted by Crippen LogP contribution is 2.10. The summed E-state index contributed by atoms with van der Waals surface area (Å²) in [5, 5.41) is 4.66. The van der Waals surface area contributed by atoms with Gasteiger partial charge in [-0.05, 0) is 30.0 Å². The van der Waals surface area contributed by atoms with Gasteiger partial charge in [0, 0.05) is 17.5 Å². The molecule has 0 bridgehead atoms. The number of carbonyl (C=O) groups is 2. The second-order valence-electron chi connectivity index (χ2n) is 4.63. The Bertz CT molecular complexity index is 635. The van der Waals surface area contributed by atoms with E-state index in [2.05, 4.69) is 5.32 Å². The first kappa shape index (κ1) is 16.0. The maximum absolute atomic E-state index is 11.9. The first-order chi connectivity index (χ1) is 10.6. The lowest BCUT2D eigenvalue weighted by Gasteiger charge is -2.12. The van der Waals surface area contributed by atoms with Crippen LogP contribution in [-0.4, -0.2) is 18.0 Å². The molecule has 0 spiro atoms. The summed E-state index contributed by atoms with van der Waals surface area (Å²) < 4.78 is 5.07. The molecule has 0 fully saturated rings. The zero-order chi connectivity index (χ0) is 15.8.